The Labute approximate surface area is 64.7 Å². The molecule has 1 saturated heterocycles. The van der Waals surface area contributed by atoms with E-state index in [1.165, 1.54) is 0 Å². The molecule has 1 saturated carbocycles. The number of cyclic esters (lactones) is 1. The zero-order valence-electron chi connectivity index (χ0n) is 6.26. The molecule has 0 aromatic carbocycles. The molecule has 1 atom stereocenters. The number of ketones is 1. The molecule has 1 heterocycles. The molecule has 3 heteroatoms. The van der Waals surface area contributed by atoms with Gasteiger partial charge in [-0.2, -0.15) is 0 Å². The smallest absolute Gasteiger partial charge is 0.319 e. The molecule has 0 radical (unpaired) electrons. The molecule has 2 aliphatic rings. The molecule has 3 nitrogen and oxygen atoms in total. The summed E-state index contributed by atoms with van der Waals surface area (Å²) < 4.78 is 4.80. The monoisotopic (exact) mass is 154 g/mol. The zero-order chi connectivity index (χ0) is 7.90. The van der Waals surface area contributed by atoms with Crippen LogP contribution in [0.25, 0.3) is 0 Å². The maximum absolute atomic E-state index is 11.3. The fourth-order valence-corrected chi connectivity index (χ4v) is 1.97. The van der Waals surface area contributed by atoms with E-state index < -0.39 is 5.41 Å². The molecule has 2 rings (SSSR count). The Balaban J connectivity index is 2.33. The number of ether oxygens (including phenoxy) is 1. The van der Waals surface area contributed by atoms with E-state index in [1.807, 2.05) is 0 Å². The van der Waals surface area contributed by atoms with E-state index in [4.69, 9.17) is 4.74 Å². The summed E-state index contributed by atoms with van der Waals surface area (Å²) in [5.74, 6) is -0.181. The van der Waals surface area contributed by atoms with Gasteiger partial charge in [0.05, 0.1) is 6.61 Å². The van der Waals surface area contributed by atoms with Crippen LogP contribution < -0.4 is 0 Å². The molecule has 0 aromatic heterocycles. The van der Waals surface area contributed by atoms with Gasteiger partial charge in [0.2, 0.25) is 0 Å². The quantitative estimate of drug-likeness (QED) is 0.380. The highest BCUT2D eigenvalue weighted by molar-refractivity contribution is 6.06. The molecule has 2 fully saturated rings. The fourth-order valence-electron chi connectivity index (χ4n) is 1.97. The SMILES string of the molecule is O=C1CCCC12CCOC2=O. The van der Waals surface area contributed by atoms with Crippen molar-refractivity contribution >= 4 is 11.8 Å². The Morgan fingerprint density at radius 1 is 1.27 bits per heavy atom. The molecule has 0 N–H and O–H groups in total. The van der Waals surface area contributed by atoms with Crippen molar-refractivity contribution < 1.29 is 14.3 Å². The molecule has 1 aliphatic carbocycles. The van der Waals surface area contributed by atoms with Crippen molar-refractivity contribution in [2.24, 2.45) is 5.41 Å². The van der Waals surface area contributed by atoms with Crippen LogP contribution in [0.15, 0.2) is 0 Å². The second kappa shape index (κ2) is 2.06. The summed E-state index contributed by atoms with van der Waals surface area (Å²) in [5, 5.41) is 0. The first kappa shape index (κ1) is 6.83. The van der Waals surface area contributed by atoms with Crippen LogP contribution in [0.3, 0.4) is 0 Å². The Morgan fingerprint density at radius 3 is 2.55 bits per heavy atom. The lowest BCUT2D eigenvalue weighted by Crippen LogP contribution is -2.30. The van der Waals surface area contributed by atoms with Crippen LogP contribution in [0.5, 0.6) is 0 Å². The van der Waals surface area contributed by atoms with Crippen LogP contribution >= 0.6 is 0 Å². The van der Waals surface area contributed by atoms with Crippen molar-refractivity contribution in [2.45, 2.75) is 25.7 Å². The van der Waals surface area contributed by atoms with Gasteiger partial charge in [0, 0.05) is 12.8 Å². The Morgan fingerprint density at radius 2 is 2.09 bits per heavy atom. The van der Waals surface area contributed by atoms with Crippen LogP contribution in [0, 0.1) is 5.41 Å². The van der Waals surface area contributed by atoms with Crippen molar-refractivity contribution in [1.82, 2.24) is 0 Å². The average molecular weight is 154 g/mol. The molecule has 11 heavy (non-hydrogen) atoms. The third-order valence-electron chi connectivity index (χ3n) is 2.69. The summed E-state index contributed by atoms with van der Waals surface area (Å²) in [6.45, 7) is 0.435. The average Bonchev–Trinajstić information content (AvgIpc) is 2.48. The van der Waals surface area contributed by atoms with E-state index in [9.17, 15) is 9.59 Å². The maximum Gasteiger partial charge on any atom is 0.319 e. The second-order valence-corrected chi connectivity index (χ2v) is 3.24. The number of carbonyl (C=O) groups excluding carboxylic acids is 2. The zero-order valence-corrected chi connectivity index (χ0v) is 6.26. The van der Waals surface area contributed by atoms with Crippen LogP contribution in [0.1, 0.15) is 25.7 Å². The normalized spacial score (nSPS) is 36.7. The van der Waals surface area contributed by atoms with Crippen molar-refractivity contribution in [3.05, 3.63) is 0 Å². The van der Waals surface area contributed by atoms with E-state index in [0.717, 1.165) is 6.42 Å². The molecular weight excluding hydrogens is 144 g/mol. The first-order valence-electron chi connectivity index (χ1n) is 3.96. The van der Waals surface area contributed by atoms with E-state index in [0.29, 0.717) is 25.9 Å². The van der Waals surface area contributed by atoms with Crippen molar-refractivity contribution in [3.63, 3.8) is 0 Å². The van der Waals surface area contributed by atoms with Gasteiger partial charge < -0.3 is 4.74 Å². The van der Waals surface area contributed by atoms with Crippen molar-refractivity contribution in [1.29, 1.82) is 0 Å². The second-order valence-electron chi connectivity index (χ2n) is 3.24. The fraction of sp³-hybridized carbons (Fsp3) is 0.750. The lowest BCUT2D eigenvalue weighted by molar-refractivity contribution is -0.149. The number of Topliss-reactive ketones (excluding diaryl/α,β-unsaturated/α-hetero) is 1. The van der Waals surface area contributed by atoms with Crippen LogP contribution in [-0.2, 0) is 14.3 Å². The van der Waals surface area contributed by atoms with Gasteiger partial charge in [-0.05, 0) is 12.8 Å². The number of rotatable bonds is 0. The molecule has 1 aliphatic heterocycles. The molecule has 1 unspecified atom stereocenters. The van der Waals surface area contributed by atoms with Crippen molar-refractivity contribution in [2.75, 3.05) is 6.61 Å². The standard InChI is InChI=1S/C8H10O3/c9-6-2-1-3-8(6)4-5-11-7(8)10/h1-5H2. The minimum absolute atomic E-state index is 0.0972. The van der Waals surface area contributed by atoms with Gasteiger partial charge >= 0.3 is 5.97 Å². The molecule has 0 amide bonds. The summed E-state index contributed by atoms with van der Waals surface area (Å²) in [6, 6.07) is 0. The molecule has 1 spiro atoms. The lowest BCUT2D eigenvalue weighted by atomic mass is 9.84. The molecule has 0 aromatic rings. The highest BCUT2D eigenvalue weighted by atomic mass is 16.5. The van der Waals surface area contributed by atoms with E-state index in [1.54, 1.807) is 0 Å². The highest BCUT2D eigenvalue weighted by Crippen LogP contribution is 2.42. The summed E-state index contributed by atoms with van der Waals surface area (Å²) in [5.41, 5.74) is -0.694. The minimum atomic E-state index is -0.694. The number of hydrogen-bond donors (Lipinski definition) is 0. The number of esters is 1. The Kier molecular flexibility index (Phi) is 1.28. The first-order chi connectivity index (χ1) is 5.26. The van der Waals surface area contributed by atoms with Gasteiger partial charge in [-0.1, -0.05) is 0 Å². The topological polar surface area (TPSA) is 43.4 Å². The number of hydrogen-bond acceptors (Lipinski definition) is 3. The highest BCUT2D eigenvalue weighted by Gasteiger charge is 2.52. The van der Waals surface area contributed by atoms with E-state index >= 15 is 0 Å². The predicted octanol–water partition coefficient (Wildman–Crippen LogP) is 0.673. The van der Waals surface area contributed by atoms with Gasteiger partial charge in [-0.25, -0.2) is 0 Å². The molecular formula is C8H10O3. The summed E-state index contributed by atoms with van der Waals surface area (Å²) in [7, 11) is 0. The van der Waals surface area contributed by atoms with Crippen LogP contribution in [0.2, 0.25) is 0 Å². The van der Waals surface area contributed by atoms with Gasteiger partial charge in [-0.15, -0.1) is 0 Å². The van der Waals surface area contributed by atoms with Gasteiger partial charge in [0.1, 0.15) is 11.2 Å². The maximum atomic E-state index is 11.3. The Hall–Kier alpha value is -0.860. The van der Waals surface area contributed by atoms with Gasteiger partial charge in [0.25, 0.3) is 0 Å². The minimum Gasteiger partial charge on any atom is -0.465 e. The number of carbonyl (C=O) groups is 2. The Bertz CT molecular complexity index is 195. The summed E-state index contributed by atoms with van der Waals surface area (Å²) >= 11 is 0. The van der Waals surface area contributed by atoms with E-state index in [2.05, 4.69) is 0 Å². The summed E-state index contributed by atoms with van der Waals surface area (Å²) in [6.07, 6.45) is 2.75. The first-order valence-corrected chi connectivity index (χ1v) is 3.96. The summed E-state index contributed by atoms with van der Waals surface area (Å²) in [4.78, 5) is 22.5. The third kappa shape index (κ3) is 0.737. The van der Waals surface area contributed by atoms with Crippen LogP contribution in [-0.4, -0.2) is 18.4 Å². The van der Waals surface area contributed by atoms with Crippen molar-refractivity contribution in [3.8, 4) is 0 Å². The molecule has 0 bridgehead atoms. The van der Waals surface area contributed by atoms with E-state index in [-0.39, 0.29) is 11.8 Å². The van der Waals surface area contributed by atoms with Crippen LogP contribution in [0.4, 0.5) is 0 Å². The molecule has 60 valence electrons. The third-order valence-corrected chi connectivity index (χ3v) is 2.69. The van der Waals surface area contributed by atoms with Gasteiger partial charge in [0.15, 0.2) is 0 Å². The van der Waals surface area contributed by atoms with Gasteiger partial charge in [-0.3, -0.25) is 9.59 Å². The predicted molar refractivity (Wildman–Crippen MR) is 36.9 cm³/mol. The largest absolute Gasteiger partial charge is 0.465 e. The lowest BCUT2D eigenvalue weighted by Gasteiger charge is -2.13.